The fourth-order valence-corrected chi connectivity index (χ4v) is 3.64. The highest BCUT2D eigenvalue weighted by molar-refractivity contribution is 7.89. The van der Waals surface area contributed by atoms with Gasteiger partial charge in [-0.15, -0.1) is 0 Å². The number of amides is 1. The van der Waals surface area contributed by atoms with E-state index in [2.05, 4.69) is 0 Å². The first-order chi connectivity index (χ1) is 9.25. The maximum absolute atomic E-state index is 13.8. The molecule has 20 heavy (non-hydrogen) atoms. The summed E-state index contributed by atoms with van der Waals surface area (Å²) >= 11 is 0. The number of sulfonamides is 1. The number of carbonyl (C=O) groups is 1. The molecule has 1 amide bonds. The quantitative estimate of drug-likeness (QED) is 0.769. The zero-order valence-electron chi connectivity index (χ0n) is 10.3. The van der Waals surface area contributed by atoms with Crippen LogP contribution in [-0.2, 0) is 14.8 Å². The molecule has 9 heteroatoms. The van der Waals surface area contributed by atoms with Gasteiger partial charge in [0.05, 0.1) is 5.92 Å². The summed E-state index contributed by atoms with van der Waals surface area (Å²) in [4.78, 5) is 10.3. The number of benzene rings is 1. The molecule has 0 aliphatic carbocycles. The van der Waals surface area contributed by atoms with Crippen LogP contribution < -0.4 is 11.5 Å². The Morgan fingerprint density at radius 3 is 2.55 bits per heavy atom. The predicted octanol–water partition coefficient (Wildman–Crippen LogP) is 0.0429. The molecule has 0 bridgehead atoms. The Hall–Kier alpha value is -1.74. The summed E-state index contributed by atoms with van der Waals surface area (Å²) in [6.45, 7) is -0.0684. The highest BCUT2D eigenvalue weighted by Gasteiger charge is 2.36. The van der Waals surface area contributed by atoms with Crippen molar-refractivity contribution in [1.29, 1.82) is 0 Å². The van der Waals surface area contributed by atoms with Crippen LogP contribution >= 0.6 is 0 Å². The molecule has 1 unspecified atom stereocenters. The predicted molar refractivity (Wildman–Crippen MR) is 66.8 cm³/mol. The molecule has 1 aromatic carbocycles. The van der Waals surface area contributed by atoms with E-state index in [0.717, 1.165) is 16.4 Å². The van der Waals surface area contributed by atoms with Crippen molar-refractivity contribution in [2.24, 2.45) is 11.7 Å². The summed E-state index contributed by atoms with van der Waals surface area (Å²) in [5.74, 6) is -3.57. The van der Waals surface area contributed by atoms with Crippen molar-refractivity contribution in [3.8, 4) is 0 Å². The highest BCUT2D eigenvalue weighted by Crippen LogP contribution is 2.28. The summed E-state index contributed by atoms with van der Waals surface area (Å²) in [6.07, 6.45) is 0.271. The zero-order valence-corrected chi connectivity index (χ0v) is 11.2. The average molecular weight is 305 g/mol. The number of halogens is 2. The monoisotopic (exact) mass is 305 g/mol. The Morgan fingerprint density at radius 2 is 2.00 bits per heavy atom. The second kappa shape index (κ2) is 4.98. The largest absolute Gasteiger partial charge is 0.394 e. The first-order valence-corrected chi connectivity index (χ1v) is 7.22. The molecule has 0 aromatic heterocycles. The van der Waals surface area contributed by atoms with Crippen LogP contribution in [0.3, 0.4) is 0 Å². The van der Waals surface area contributed by atoms with E-state index in [1.807, 2.05) is 0 Å². The molecule has 1 atom stereocenters. The molecule has 1 aromatic rings. The first kappa shape index (κ1) is 14.7. The molecular weight excluding hydrogens is 292 g/mol. The minimum Gasteiger partial charge on any atom is -0.394 e. The molecule has 1 saturated heterocycles. The van der Waals surface area contributed by atoms with Crippen molar-refractivity contribution in [2.75, 3.05) is 18.8 Å². The molecular formula is C11H13F2N3O3S. The second-order valence-corrected chi connectivity index (χ2v) is 6.43. The summed E-state index contributed by atoms with van der Waals surface area (Å²) in [6, 6.07) is 1.60. The van der Waals surface area contributed by atoms with Crippen molar-refractivity contribution < 1.29 is 22.0 Å². The topological polar surface area (TPSA) is 106 Å². The molecule has 2 rings (SSSR count). The van der Waals surface area contributed by atoms with E-state index in [4.69, 9.17) is 11.5 Å². The number of nitrogens with two attached hydrogens (primary N) is 2. The zero-order chi connectivity index (χ0) is 15.1. The van der Waals surface area contributed by atoms with Crippen LogP contribution in [-0.4, -0.2) is 31.7 Å². The summed E-state index contributed by atoms with van der Waals surface area (Å²) < 4.78 is 52.3. The number of hydrogen-bond acceptors (Lipinski definition) is 4. The van der Waals surface area contributed by atoms with Gasteiger partial charge < -0.3 is 11.5 Å². The average Bonchev–Trinajstić information content (AvgIpc) is 2.86. The minimum atomic E-state index is -4.17. The van der Waals surface area contributed by atoms with Gasteiger partial charge in [0.15, 0.2) is 5.82 Å². The fourth-order valence-electron chi connectivity index (χ4n) is 2.07. The van der Waals surface area contributed by atoms with Crippen molar-refractivity contribution in [3.05, 3.63) is 23.8 Å². The number of hydrogen-bond donors (Lipinski definition) is 2. The van der Waals surface area contributed by atoms with E-state index in [0.29, 0.717) is 0 Å². The standard InChI is InChI=1S/C11H13F2N3O3S/c12-7-1-2-8(9(13)10(7)14)20(18,19)16-4-3-6(5-16)11(15)17/h1-2,6H,3-5,14H2,(H2,15,17). The van der Waals surface area contributed by atoms with Crippen LogP contribution in [0.2, 0.25) is 0 Å². The maximum atomic E-state index is 13.8. The molecule has 0 spiro atoms. The van der Waals surface area contributed by atoms with Gasteiger partial charge in [0, 0.05) is 13.1 Å². The molecule has 1 aliphatic rings. The van der Waals surface area contributed by atoms with Gasteiger partial charge in [0.1, 0.15) is 16.4 Å². The Bertz CT molecular complexity index is 663. The lowest BCUT2D eigenvalue weighted by Gasteiger charge is -2.17. The van der Waals surface area contributed by atoms with Gasteiger partial charge in [0.25, 0.3) is 0 Å². The normalized spacial score (nSPS) is 20.2. The van der Waals surface area contributed by atoms with Crippen LogP contribution in [0.5, 0.6) is 0 Å². The Morgan fingerprint density at radius 1 is 1.35 bits per heavy atom. The van der Waals surface area contributed by atoms with Crippen LogP contribution in [0.15, 0.2) is 17.0 Å². The van der Waals surface area contributed by atoms with Crippen molar-refractivity contribution in [2.45, 2.75) is 11.3 Å². The van der Waals surface area contributed by atoms with E-state index in [1.54, 1.807) is 0 Å². The third-order valence-corrected chi connectivity index (χ3v) is 5.14. The SMILES string of the molecule is NC(=O)C1CCN(S(=O)(=O)c2ccc(F)c(N)c2F)C1. The molecule has 1 aliphatic heterocycles. The molecule has 1 heterocycles. The Balaban J connectivity index is 2.38. The van der Waals surface area contributed by atoms with Gasteiger partial charge in [-0.25, -0.2) is 17.2 Å². The van der Waals surface area contributed by atoms with Crippen molar-refractivity contribution in [1.82, 2.24) is 4.31 Å². The molecule has 110 valence electrons. The van der Waals surface area contributed by atoms with Crippen molar-refractivity contribution in [3.63, 3.8) is 0 Å². The number of anilines is 1. The number of nitrogen functional groups attached to an aromatic ring is 1. The smallest absolute Gasteiger partial charge is 0.246 e. The molecule has 0 radical (unpaired) electrons. The number of primary amides is 1. The number of rotatable bonds is 3. The van der Waals surface area contributed by atoms with Gasteiger partial charge in [-0.05, 0) is 18.6 Å². The molecule has 6 nitrogen and oxygen atoms in total. The fraction of sp³-hybridized carbons (Fsp3) is 0.364. The van der Waals surface area contributed by atoms with Gasteiger partial charge in [-0.1, -0.05) is 0 Å². The molecule has 1 fully saturated rings. The van der Waals surface area contributed by atoms with Crippen LogP contribution in [0.4, 0.5) is 14.5 Å². The Kier molecular flexibility index (Phi) is 3.65. The summed E-state index contributed by atoms with van der Waals surface area (Å²) in [5.41, 5.74) is 9.41. The van der Waals surface area contributed by atoms with Crippen LogP contribution in [0.25, 0.3) is 0 Å². The van der Waals surface area contributed by atoms with Gasteiger partial charge in [-0.2, -0.15) is 4.31 Å². The highest BCUT2D eigenvalue weighted by atomic mass is 32.2. The van der Waals surface area contributed by atoms with Crippen LogP contribution in [0.1, 0.15) is 6.42 Å². The van der Waals surface area contributed by atoms with E-state index in [1.165, 1.54) is 0 Å². The minimum absolute atomic E-state index is 0.0483. The van der Waals surface area contributed by atoms with Gasteiger partial charge in [-0.3, -0.25) is 4.79 Å². The van der Waals surface area contributed by atoms with Crippen LogP contribution in [0, 0.1) is 17.6 Å². The summed E-state index contributed by atoms with van der Waals surface area (Å²) in [7, 11) is -4.17. The van der Waals surface area contributed by atoms with E-state index >= 15 is 0 Å². The maximum Gasteiger partial charge on any atom is 0.246 e. The molecule has 0 saturated carbocycles. The van der Waals surface area contributed by atoms with E-state index in [-0.39, 0.29) is 19.5 Å². The third kappa shape index (κ3) is 2.34. The van der Waals surface area contributed by atoms with E-state index < -0.39 is 44.1 Å². The van der Waals surface area contributed by atoms with Gasteiger partial charge >= 0.3 is 0 Å². The lowest BCUT2D eigenvalue weighted by Crippen LogP contribution is -2.32. The van der Waals surface area contributed by atoms with Crippen molar-refractivity contribution >= 4 is 21.6 Å². The lowest BCUT2D eigenvalue weighted by molar-refractivity contribution is -0.121. The molecule has 4 N–H and O–H groups in total. The number of nitrogens with zero attached hydrogens (tertiary/aromatic N) is 1. The number of carbonyl (C=O) groups excluding carboxylic acids is 1. The Labute approximate surface area is 114 Å². The summed E-state index contributed by atoms with van der Waals surface area (Å²) in [5, 5.41) is 0. The second-order valence-electron chi connectivity index (χ2n) is 4.52. The van der Waals surface area contributed by atoms with E-state index in [9.17, 15) is 22.0 Å². The third-order valence-electron chi connectivity index (χ3n) is 3.26. The lowest BCUT2D eigenvalue weighted by atomic mass is 10.1. The first-order valence-electron chi connectivity index (χ1n) is 5.78. The van der Waals surface area contributed by atoms with Gasteiger partial charge in [0.2, 0.25) is 15.9 Å².